The number of halogens is 3. The van der Waals surface area contributed by atoms with Gasteiger partial charge in [-0.15, -0.1) is 0 Å². The second kappa shape index (κ2) is 9.25. The molecule has 0 saturated carbocycles. The molecule has 0 aliphatic carbocycles. The lowest BCUT2D eigenvalue weighted by Crippen LogP contribution is -2.49. The third kappa shape index (κ3) is 5.36. The Balaban J connectivity index is 1.40. The summed E-state index contributed by atoms with van der Waals surface area (Å²) >= 11 is 5.73. The predicted octanol–water partition coefficient (Wildman–Crippen LogP) is 2.88. The number of hydrogen-bond donors (Lipinski definition) is 1. The highest BCUT2D eigenvalue weighted by molar-refractivity contribution is 6.31. The molecule has 2 heterocycles. The fraction of sp³-hybridized carbons (Fsp3) is 0.421. The average molecular weight is 411 g/mol. The minimum atomic E-state index is -1.38. The normalized spacial score (nSPS) is 16.0. The van der Waals surface area contributed by atoms with Gasteiger partial charge in [-0.25, -0.2) is 8.78 Å². The molecule has 1 saturated heterocycles. The maximum absolute atomic E-state index is 14.9. The van der Waals surface area contributed by atoms with Crippen molar-refractivity contribution in [3.05, 3.63) is 53.1 Å². The molecule has 1 aliphatic heterocycles. The summed E-state index contributed by atoms with van der Waals surface area (Å²) in [5.74, 6) is -0.231. The zero-order valence-electron chi connectivity index (χ0n) is 15.2. The Kier molecular flexibility index (Phi) is 6.74. The first kappa shape index (κ1) is 20.4. The van der Waals surface area contributed by atoms with Crippen LogP contribution in [0.3, 0.4) is 0 Å². The van der Waals surface area contributed by atoms with Gasteiger partial charge < -0.3 is 15.0 Å². The number of nitrogens with zero attached hydrogens (tertiary/aromatic N) is 3. The van der Waals surface area contributed by atoms with Crippen LogP contribution in [0.25, 0.3) is 0 Å². The van der Waals surface area contributed by atoms with Gasteiger partial charge in [0.2, 0.25) is 0 Å². The van der Waals surface area contributed by atoms with E-state index in [1.165, 1.54) is 24.5 Å². The number of hydrogen-bond acceptors (Lipinski definition) is 5. The monoisotopic (exact) mass is 410 g/mol. The van der Waals surface area contributed by atoms with Crippen LogP contribution >= 0.6 is 11.6 Å². The van der Waals surface area contributed by atoms with E-state index in [9.17, 15) is 13.6 Å². The molecule has 0 bridgehead atoms. The van der Waals surface area contributed by atoms with Crippen molar-refractivity contribution < 1.29 is 18.3 Å². The second-order valence-corrected chi connectivity index (χ2v) is 7.08. The molecule has 0 unspecified atom stereocenters. The summed E-state index contributed by atoms with van der Waals surface area (Å²) in [5, 5.41) is 10.3. The molecule has 1 N–H and O–H groups in total. The lowest BCUT2D eigenvalue weighted by atomic mass is 9.93. The van der Waals surface area contributed by atoms with Crippen molar-refractivity contribution >= 4 is 17.5 Å². The van der Waals surface area contributed by atoms with E-state index in [4.69, 9.17) is 16.3 Å². The highest BCUT2D eigenvalue weighted by Gasteiger charge is 2.35. The number of carbonyl (C=O) groups excluding carboxylic acids is 1. The topological polar surface area (TPSA) is 67.4 Å². The molecule has 0 atom stereocenters. The Morgan fingerprint density at radius 2 is 2.07 bits per heavy atom. The van der Waals surface area contributed by atoms with Crippen LogP contribution in [0.1, 0.15) is 23.2 Å². The molecule has 1 aliphatic rings. The summed E-state index contributed by atoms with van der Waals surface area (Å²) in [4.78, 5) is 14.1. The van der Waals surface area contributed by atoms with Crippen LogP contribution in [0.5, 0.6) is 5.75 Å². The number of ether oxygens (including phenoxy) is 1. The van der Waals surface area contributed by atoms with Gasteiger partial charge in [0.15, 0.2) is 0 Å². The van der Waals surface area contributed by atoms with Crippen LogP contribution in [-0.2, 0) is 0 Å². The van der Waals surface area contributed by atoms with E-state index < -0.39 is 11.5 Å². The fourth-order valence-electron chi connectivity index (χ4n) is 3.02. The smallest absolute Gasteiger partial charge is 0.253 e. The summed E-state index contributed by atoms with van der Waals surface area (Å²) in [5.41, 5.74) is -1.08. The first-order valence-electron chi connectivity index (χ1n) is 9.00. The number of rotatable bonds is 7. The van der Waals surface area contributed by atoms with Crippen LogP contribution in [0.4, 0.5) is 8.78 Å². The van der Waals surface area contributed by atoms with Crippen LogP contribution < -0.4 is 10.1 Å². The maximum atomic E-state index is 14.9. The number of aromatic nitrogens is 2. The molecule has 2 aromatic rings. The van der Waals surface area contributed by atoms with Crippen molar-refractivity contribution in [3.8, 4) is 5.75 Å². The Labute approximate surface area is 166 Å². The van der Waals surface area contributed by atoms with Gasteiger partial charge in [0, 0.05) is 50.7 Å². The summed E-state index contributed by atoms with van der Waals surface area (Å²) in [6, 6.07) is 5.55. The molecule has 6 nitrogen and oxygen atoms in total. The van der Waals surface area contributed by atoms with E-state index in [0.717, 1.165) is 6.07 Å². The van der Waals surface area contributed by atoms with Gasteiger partial charge in [-0.05, 0) is 18.2 Å². The van der Waals surface area contributed by atoms with Crippen molar-refractivity contribution in [3.63, 3.8) is 0 Å². The first-order chi connectivity index (χ1) is 13.5. The highest BCUT2D eigenvalue weighted by atomic mass is 35.5. The van der Waals surface area contributed by atoms with E-state index in [0.29, 0.717) is 37.6 Å². The van der Waals surface area contributed by atoms with Crippen LogP contribution in [0.2, 0.25) is 5.02 Å². The van der Waals surface area contributed by atoms with E-state index in [-0.39, 0.29) is 30.3 Å². The number of amides is 1. The van der Waals surface area contributed by atoms with Crippen molar-refractivity contribution in [1.82, 2.24) is 20.4 Å². The van der Waals surface area contributed by atoms with Gasteiger partial charge in [0.1, 0.15) is 23.8 Å². The zero-order chi connectivity index (χ0) is 20.0. The summed E-state index contributed by atoms with van der Waals surface area (Å²) in [6.45, 7) is 1.66. The summed E-state index contributed by atoms with van der Waals surface area (Å²) in [6.07, 6.45) is 3.51. The first-order valence-corrected chi connectivity index (χ1v) is 9.38. The number of likely N-dealkylation sites (tertiary alicyclic amines) is 1. The maximum Gasteiger partial charge on any atom is 0.253 e. The van der Waals surface area contributed by atoms with E-state index in [2.05, 4.69) is 15.5 Å². The fourth-order valence-corrected chi connectivity index (χ4v) is 3.20. The zero-order valence-corrected chi connectivity index (χ0v) is 16.0. The Morgan fingerprint density at radius 3 is 2.75 bits per heavy atom. The lowest BCUT2D eigenvalue weighted by Gasteiger charge is -2.36. The van der Waals surface area contributed by atoms with E-state index in [1.807, 2.05) is 0 Å². The molecule has 3 rings (SSSR count). The predicted molar refractivity (Wildman–Crippen MR) is 101 cm³/mol. The van der Waals surface area contributed by atoms with Gasteiger partial charge in [0.05, 0.1) is 17.4 Å². The molecular formula is C19H21ClF2N4O2. The molecule has 1 aromatic heterocycles. The number of carbonyl (C=O) groups is 1. The molecule has 1 amide bonds. The Bertz CT molecular complexity index is 802. The molecule has 0 spiro atoms. The Morgan fingerprint density at radius 1 is 1.29 bits per heavy atom. The van der Waals surface area contributed by atoms with E-state index in [1.54, 1.807) is 11.0 Å². The molecule has 150 valence electrons. The minimum absolute atomic E-state index is 0.100. The Hall–Kier alpha value is -2.32. The number of piperidine rings is 1. The van der Waals surface area contributed by atoms with Crippen molar-refractivity contribution in [1.29, 1.82) is 0 Å². The van der Waals surface area contributed by atoms with Crippen molar-refractivity contribution in [2.24, 2.45) is 0 Å². The van der Waals surface area contributed by atoms with Gasteiger partial charge in [0.25, 0.3) is 5.91 Å². The summed E-state index contributed by atoms with van der Waals surface area (Å²) in [7, 11) is 0. The summed E-state index contributed by atoms with van der Waals surface area (Å²) < 4.78 is 33.7. The van der Waals surface area contributed by atoms with Crippen LogP contribution in [0.15, 0.2) is 36.7 Å². The lowest BCUT2D eigenvalue weighted by molar-refractivity contribution is 0.0433. The SMILES string of the molecule is O=C(c1ccc(F)c(Cl)c1)N1CCC(F)(CNCCOc2ccnnc2)CC1. The van der Waals surface area contributed by atoms with Crippen LogP contribution in [0, 0.1) is 5.82 Å². The molecule has 1 fully saturated rings. The highest BCUT2D eigenvalue weighted by Crippen LogP contribution is 2.27. The third-order valence-electron chi connectivity index (χ3n) is 4.66. The number of alkyl halides is 1. The molecule has 1 aromatic carbocycles. The van der Waals surface area contributed by atoms with Gasteiger partial charge in [-0.2, -0.15) is 10.2 Å². The number of benzene rings is 1. The minimum Gasteiger partial charge on any atom is -0.491 e. The standard InChI is InChI=1S/C19H21ClF2N4O2/c20-16-11-14(1-2-17(16)21)18(27)26-8-4-19(22,5-9-26)13-23-7-10-28-15-3-6-24-25-12-15/h1-3,6,11-12,23H,4-5,7-10,13H2. The van der Waals surface area contributed by atoms with Gasteiger partial charge in [-0.1, -0.05) is 11.6 Å². The second-order valence-electron chi connectivity index (χ2n) is 6.68. The average Bonchev–Trinajstić information content (AvgIpc) is 2.71. The van der Waals surface area contributed by atoms with Crippen molar-refractivity contribution in [2.45, 2.75) is 18.5 Å². The largest absolute Gasteiger partial charge is 0.491 e. The van der Waals surface area contributed by atoms with E-state index >= 15 is 0 Å². The van der Waals surface area contributed by atoms with Gasteiger partial charge >= 0.3 is 0 Å². The number of nitrogens with one attached hydrogen (secondary N) is 1. The quantitative estimate of drug-likeness (QED) is 0.711. The van der Waals surface area contributed by atoms with Gasteiger partial charge in [-0.3, -0.25) is 4.79 Å². The molecule has 28 heavy (non-hydrogen) atoms. The molecule has 9 heteroatoms. The third-order valence-corrected chi connectivity index (χ3v) is 4.95. The molecule has 0 radical (unpaired) electrons. The van der Waals surface area contributed by atoms with Crippen molar-refractivity contribution in [2.75, 3.05) is 32.8 Å². The van der Waals surface area contributed by atoms with Crippen LogP contribution in [-0.4, -0.2) is 59.5 Å². The molecular weight excluding hydrogens is 390 g/mol.